The van der Waals surface area contributed by atoms with Crippen molar-refractivity contribution in [1.82, 2.24) is 19.4 Å². The lowest BCUT2D eigenvalue weighted by Gasteiger charge is -2.35. The third-order valence-electron chi connectivity index (χ3n) is 5.86. The smallest absolute Gasteiger partial charge is 0.261 e. The number of carbonyl (C=O) groups is 2. The molecule has 1 aromatic heterocycles. The Kier molecular flexibility index (Phi) is 6.58. The summed E-state index contributed by atoms with van der Waals surface area (Å²) in [6.45, 7) is 1.99. The fourth-order valence-electron chi connectivity index (χ4n) is 3.94. The number of methoxy groups -OCH3 is 2. The van der Waals surface area contributed by atoms with E-state index in [0.717, 1.165) is 0 Å². The fraction of sp³-hybridized carbons (Fsp3) is 0.333. The number of hydrogen-bond acceptors (Lipinski definition) is 6. The Morgan fingerprint density at radius 2 is 1.70 bits per heavy atom. The minimum Gasteiger partial charge on any atom is -0.497 e. The first kappa shape index (κ1) is 22.3. The van der Waals surface area contributed by atoms with E-state index in [1.807, 2.05) is 6.07 Å². The molecule has 2 aromatic carbocycles. The molecule has 0 N–H and O–H groups in total. The van der Waals surface area contributed by atoms with E-state index in [2.05, 4.69) is 4.98 Å². The molecular weight excluding hydrogens is 424 g/mol. The predicted molar refractivity (Wildman–Crippen MR) is 123 cm³/mol. The summed E-state index contributed by atoms with van der Waals surface area (Å²) in [6.07, 6.45) is 1.68. The van der Waals surface area contributed by atoms with Crippen molar-refractivity contribution in [2.75, 3.05) is 40.4 Å². The predicted octanol–water partition coefficient (Wildman–Crippen LogP) is 1.79. The summed E-state index contributed by atoms with van der Waals surface area (Å²) in [5.74, 6) is 0.867. The van der Waals surface area contributed by atoms with Crippen LogP contribution < -0.4 is 15.0 Å². The highest BCUT2D eigenvalue weighted by Gasteiger charge is 2.26. The third kappa shape index (κ3) is 4.67. The van der Waals surface area contributed by atoms with E-state index >= 15 is 0 Å². The van der Waals surface area contributed by atoms with Gasteiger partial charge in [-0.25, -0.2) is 4.98 Å². The molecule has 1 fully saturated rings. The van der Waals surface area contributed by atoms with Crippen LogP contribution in [0.1, 0.15) is 16.8 Å². The van der Waals surface area contributed by atoms with Gasteiger partial charge in [0.15, 0.2) is 0 Å². The first-order chi connectivity index (χ1) is 16.0. The fourth-order valence-corrected chi connectivity index (χ4v) is 3.94. The Labute approximate surface area is 191 Å². The van der Waals surface area contributed by atoms with Crippen molar-refractivity contribution < 1.29 is 19.1 Å². The van der Waals surface area contributed by atoms with Gasteiger partial charge >= 0.3 is 0 Å². The molecule has 0 radical (unpaired) electrons. The molecule has 1 saturated heterocycles. The van der Waals surface area contributed by atoms with Crippen LogP contribution in [0, 0.1) is 0 Å². The Balaban J connectivity index is 1.34. The van der Waals surface area contributed by atoms with Crippen LogP contribution in [0.3, 0.4) is 0 Å². The van der Waals surface area contributed by atoms with Crippen LogP contribution in [0.2, 0.25) is 0 Å². The number of carbonyl (C=O) groups excluding carboxylic acids is 2. The molecule has 4 rings (SSSR count). The Bertz CT molecular complexity index is 1230. The molecule has 1 aliphatic rings. The van der Waals surface area contributed by atoms with E-state index in [1.54, 1.807) is 53.3 Å². The van der Waals surface area contributed by atoms with E-state index in [1.165, 1.54) is 18.0 Å². The maximum Gasteiger partial charge on any atom is 0.261 e. The van der Waals surface area contributed by atoms with Gasteiger partial charge in [-0.1, -0.05) is 12.1 Å². The average molecular weight is 450 g/mol. The molecule has 0 bridgehead atoms. The number of nitrogens with zero attached hydrogens (tertiary/aromatic N) is 4. The summed E-state index contributed by atoms with van der Waals surface area (Å²) in [6, 6.07) is 12.2. The molecule has 9 nitrogen and oxygen atoms in total. The molecule has 0 spiro atoms. The molecule has 0 unspecified atom stereocenters. The van der Waals surface area contributed by atoms with Crippen LogP contribution in [0.15, 0.2) is 53.6 Å². The van der Waals surface area contributed by atoms with Crippen LogP contribution in [0.4, 0.5) is 0 Å². The summed E-state index contributed by atoms with van der Waals surface area (Å²) < 4.78 is 12.0. The Morgan fingerprint density at radius 1 is 0.970 bits per heavy atom. The van der Waals surface area contributed by atoms with Gasteiger partial charge in [-0.05, 0) is 24.3 Å². The molecule has 1 aliphatic heterocycles. The van der Waals surface area contributed by atoms with E-state index in [9.17, 15) is 14.4 Å². The van der Waals surface area contributed by atoms with Crippen LogP contribution >= 0.6 is 0 Å². The molecule has 0 aliphatic carbocycles. The van der Waals surface area contributed by atoms with E-state index in [4.69, 9.17) is 9.47 Å². The van der Waals surface area contributed by atoms with Crippen molar-refractivity contribution in [3.63, 3.8) is 0 Å². The van der Waals surface area contributed by atoms with Gasteiger partial charge in [0.25, 0.3) is 11.5 Å². The van der Waals surface area contributed by atoms with Gasteiger partial charge < -0.3 is 19.3 Å². The standard InChI is InChI=1S/C24H26N4O5/c1-32-17-7-8-19(21(15-17)33-2)24(31)27-13-11-26(12-14-27)22(29)9-10-28-16-25-20-6-4-3-5-18(20)23(28)30/h3-8,15-16H,9-14H2,1-2H3. The quantitative estimate of drug-likeness (QED) is 0.568. The normalized spacial score (nSPS) is 13.8. The number of ether oxygens (including phenoxy) is 2. The van der Waals surface area contributed by atoms with Crippen molar-refractivity contribution in [1.29, 1.82) is 0 Å². The zero-order chi connectivity index (χ0) is 23.4. The second kappa shape index (κ2) is 9.72. The van der Waals surface area contributed by atoms with E-state index < -0.39 is 0 Å². The van der Waals surface area contributed by atoms with Crippen molar-refractivity contribution in [3.8, 4) is 11.5 Å². The number of fused-ring (bicyclic) bond motifs is 1. The zero-order valence-electron chi connectivity index (χ0n) is 18.7. The summed E-state index contributed by atoms with van der Waals surface area (Å²) in [5.41, 5.74) is 0.942. The lowest BCUT2D eigenvalue weighted by Crippen LogP contribution is -2.50. The number of piperazine rings is 1. The molecule has 172 valence electrons. The topological polar surface area (TPSA) is 94.0 Å². The molecule has 0 saturated carbocycles. The number of hydrogen-bond donors (Lipinski definition) is 0. The number of rotatable bonds is 6. The van der Waals surface area contributed by atoms with Gasteiger partial charge in [-0.15, -0.1) is 0 Å². The van der Waals surface area contributed by atoms with Crippen molar-refractivity contribution in [2.45, 2.75) is 13.0 Å². The second-order valence-corrected chi connectivity index (χ2v) is 7.75. The summed E-state index contributed by atoms with van der Waals surface area (Å²) in [5, 5.41) is 0.536. The van der Waals surface area contributed by atoms with E-state index in [-0.39, 0.29) is 30.3 Å². The number of amides is 2. The van der Waals surface area contributed by atoms with Gasteiger partial charge in [0.05, 0.1) is 37.0 Å². The summed E-state index contributed by atoms with van der Waals surface area (Å²) >= 11 is 0. The highest BCUT2D eigenvalue weighted by Crippen LogP contribution is 2.26. The second-order valence-electron chi connectivity index (χ2n) is 7.75. The zero-order valence-corrected chi connectivity index (χ0v) is 18.7. The van der Waals surface area contributed by atoms with Crippen molar-refractivity contribution in [3.05, 3.63) is 64.7 Å². The van der Waals surface area contributed by atoms with Gasteiger partial charge in [-0.2, -0.15) is 0 Å². The maximum atomic E-state index is 13.0. The summed E-state index contributed by atoms with van der Waals surface area (Å²) in [7, 11) is 3.07. The lowest BCUT2D eigenvalue weighted by atomic mass is 10.1. The average Bonchev–Trinajstić information content (AvgIpc) is 2.87. The Hall–Kier alpha value is -3.88. The number of aromatic nitrogens is 2. The largest absolute Gasteiger partial charge is 0.497 e. The minimum absolute atomic E-state index is 0.0517. The van der Waals surface area contributed by atoms with Crippen LogP contribution in [0.25, 0.3) is 10.9 Å². The van der Waals surface area contributed by atoms with Gasteiger partial charge in [-0.3, -0.25) is 19.0 Å². The first-order valence-corrected chi connectivity index (χ1v) is 10.7. The lowest BCUT2D eigenvalue weighted by molar-refractivity contribution is -0.132. The SMILES string of the molecule is COc1ccc(C(=O)N2CCN(C(=O)CCn3cnc4ccccc4c3=O)CC2)c(OC)c1. The molecular formula is C24H26N4O5. The van der Waals surface area contributed by atoms with Crippen molar-refractivity contribution >= 4 is 22.7 Å². The molecule has 3 aromatic rings. The van der Waals surface area contributed by atoms with Gasteiger partial charge in [0.2, 0.25) is 5.91 Å². The van der Waals surface area contributed by atoms with Crippen molar-refractivity contribution in [2.24, 2.45) is 0 Å². The Morgan fingerprint density at radius 3 is 2.42 bits per heavy atom. The monoisotopic (exact) mass is 450 g/mol. The summed E-state index contributed by atoms with van der Waals surface area (Å²) in [4.78, 5) is 46.0. The van der Waals surface area contributed by atoms with Gasteiger partial charge in [0.1, 0.15) is 11.5 Å². The highest BCUT2D eigenvalue weighted by atomic mass is 16.5. The molecule has 2 amide bonds. The van der Waals surface area contributed by atoms with E-state index in [0.29, 0.717) is 54.1 Å². The number of para-hydroxylation sites is 1. The first-order valence-electron chi connectivity index (χ1n) is 10.7. The van der Waals surface area contributed by atoms with Gasteiger partial charge in [0, 0.05) is 45.2 Å². The number of aryl methyl sites for hydroxylation is 1. The van der Waals surface area contributed by atoms with Crippen LogP contribution in [-0.2, 0) is 11.3 Å². The molecule has 0 atom stereocenters. The third-order valence-corrected chi connectivity index (χ3v) is 5.86. The van der Waals surface area contributed by atoms with Crippen LogP contribution in [-0.4, -0.2) is 71.6 Å². The molecule has 2 heterocycles. The van der Waals surface area contributed by atoms with Crippen LogP contribution in [0.5, 0.6) is 11.5 Å². The minimum atomic E-state index is -0.155. The number of benzene rings is 2. The maximum absolute atomic E-state index is 13.0. The highest BCUT2D eigenvalue weighted by molar-refractivity contribution is 5.97. The molecule has 9 heteroatoms. The molecule has 33 heavy (non-hydrogen) atoms.